The fraction of sp³-hybridized carbons (Fsp3) is 0.0714. The lowest BCUT2D eigenvalue weighted by atomic mass is 10.3. The van der Waals surface area contributed by atoms with E-state index in [4.69, 9.17) is 11.6 Å². The van der Waals surface area contributed by atoms with Gasteiger partial charge in [0.15, 0.2) is 0 Å². The summed E-state index contributed by atoms with van der Waals surface area (Å²) in [4.78, 5) is 14.1. The number of hydrogen-bond acceptors (Lipinski definition) is 6. The Balaban J connectivity index is 2.00. The maximum atomic E-state index is 12.5. The number of sulfonamides is 1. The molecule has 1 aromatic heterocycles. The van der Waals surface area contributed by atoms with E-state index in [0.717, 1.165) is 27.4 Å². The van der Waals surface area contributed by atoms with Gasteiger partial charge in [0, 0.05) is 12.1 Å². The molecule has 3 rings (SSSR count). The highest BCUT2D eigenvalue weighted by molar-refractivity contribution is 7.92. The third kappa shape index (κ3) is 3.18. The van der Waals surface area contributed by atoms with Crippen molar-refractivity contribution in [2.24, 2.45) is 0 Å². The van der Waals surface area contributed by atoms with Gasteiger partial charge in [-0.05, 0) is 31.2 Å². The first-order chi connectivity index (χ1) is 11.3. The number of nitrogens with zero attached hydrogens (tertiary/aromatic N) is 2. The van der Waals surface area contributed by atoms with Crippen molar-refractivity contribution in [1.82, 2.24) is 4.98 Å². The molecule has 0 aliphatic carbocycles. The zero-order chi connectivity index (χ0) is 17.5. The number of benzene rings is 2. The quantitative estimate of drug-likeness (QED) is 0.542. The van der Waals surface area contributed by atoms with Crippen molar-refractivity contribution < 1.29 is 13.3 Å². The highest BCUT2D eigenvalue weighted by Gasteiger charge is 2.22. The van der Waals surface area contributed by atoms with E-state index in [0.29, 0.717) is 5.69 Å². The van der Waals surface area contributed by atoms with Crippen LogP contribution in [-0.4, -0.2) is 18.3 Å². The summed E-state index contributed by atoms with van der Waals surface area (Å²) in [5.41, 5.74) is 0.746. The maximum Gasteiger partial charge on any atom is 0.270 e. The van der Waals surface area contributed by atoms with Gasteiger partial charge < -0.3 is 0 Å². The van der Waals surface area contributed by atoms with Crippen LogP contribution < -0.4 is 4.72 Å². The summed E-state index contributed by atoms with van der Waals surface area (Å²) in [6.07, 6.45) is 0. The second kappa shape index (κ2) is 6.00. The average Bonchev–Trinajstić information content (AvgIpc) is 2.86. The van der Waals surface area contributed by atoms with E-state index in [1.165, 1.54) is 17.4 Å². The fourth-order valence-electron chi connectivity index (χ4n) is 2.12. The number of non-ortho nitro benzene ring substituents is 1. The van der Waals surface area contributed by atoms with E-state index in [1.54, 1.807) is 18.2 Å². The van der Waals surface area contributed by atoms with Gasteiger partial charge in [-0.2, -0.15) is 0 Å². The largest absolute Gasteiger partial charge is 0.280 e. The third-order valence-corrected chi connectivity index (χ3v) is 5.96. The van der Waals surface area contributed by atoms with Gasteiger partial charge in [0.1, 0.15) is 4.90 Å². The summed E-state index contributed by atoms with van der Waals surface area (Å²) in [6, 6.07) is 8.19. The molecule has 0 radical (unpaired) electrons. The smallest absolute Gasteiger partial charge is 0.270 e. The third-order valence-electron chi connectivity index (χ3n) is 3.16. The predicted molar refractivity (Wildman–Crippen MR) is 93.3 cm³/mol. The number of thiazole rings is 1. The minimum atomic E-state index is -4.06. The van der Waals surface area contributed by atoms with Crippen LogP contribution in [0, 0.1) is 17.0 Å². The van der Waals surface area contributed by atoms with Crippen molar-refractivity contribution in [2.45, 2.75) is 11.8 Å². The van der Waals surface area contributed by atoms with Crippen LogP contribution in [0.1, 0.15) is 5.01 Å². The van der Waals surface area contributed by atoms with E-state index >= 15 is 0 Å². The summed E-state index contributed by atoms with van der Waals surface area (Å²) in [7, 11) is -4.06. The van der Waals surface area contributed by atoms with E-state index in [2.05, 4.69) is 9.71 Å². The standard InChI is InChI=1S/C14H10ClN3O4S2/c1-8-16-12-5-2-9(6-13(12)23-8)17-24(21,22)14-7-10(18(19)20)3-4-11(14)15/h2-7,17H,1H3. The Kier molecular flexibility index (Phi) is 4.16. The summed E-state index contributed by atoms with van der Waals surface area (Å²) >= 11 is 7.34. The van der Waals surface area contributed by atoms with Crippen LogP contribution in [0.4, 0.5) is 11.4 Å². The van der Waals surface area contributed by atoms with Gasteiger partial charge in [-0.3, -0.25) is 14.8 Å². The highest BCUT2D eigenvalue weighted by atomic mass is 35.5. The molecule has 0 aliphatic heterocycles. The lowest BCUT2D eigenvalue weighted by molar-refractivity contribution is -0.385. The number of hydrogen-bond donors (Lipinski definition) is 1. The van der Waals surface area contributed by atoms with Crippen LogP contribution in [0.5, 0.6) is 0 Å². The maximum absolute atomic E-state index is 12.5. The van der Waals surface area contributed by atoms with Crippen molar-refractivity contribution in [3.63, 3.8) is 0 Å². The molecule has 0 saturated heterocycles. The van der Waals surface area contributed by atoms with E-state index in [-0.39, 0.29) is 15.6 Å². The van der Waals surface area contributed by atoms with Crippen LogP contribution in [0.2, 0.25) is 5.02 Å². The van der Waals surface area contributed by atoms with Gasteiger partial charge in [0.05, 0.1) is 30.9 Å². The molecule has 2 aromatic carbocycles. The number of aryl methyl sites for hydroxylation is 1. The SMILES string of the molecule is Cc1nc2ccc(NS(=O)(=O)c3cc([N+](=O)[O-])ccc3Cl)cc2s1. The molecular formula is C14H10ClN3O4S2. The number of rotatable bonds is 4. The van der Waals surface area contributed by atoms with Crippen molar-refractivity contribution in [3.05, 3.63) is 56.5 Å². The lowest BCUT2D eigenvalue weighted by Crippen LogP contribution is -2.13. The minimum absolute atomic E-state index is 0.0946. The molecule has 0 fully saturated rings. The zero-order valence-corrected chi connectivity index (χ0v) is 14.6. The van der Waals surface area contributed by atoms with Crippen LogP contribution in [0.25, 0.3) is 10.2 Å². The van der Waals surface area contributed by atoms with Gasteiger partial charge >= 0.3 is 0 Å². The summed E-state index contributed by atoms with van der Waals surface area (Å²) in [5.74, 6) is 0. The number of fused-ring (bicyclic) bond motifs is 1. The fourth-order valence-corrected chi connectivity index (χ4v) is 4.56. The van der Waals surface area contributed by atoms with Gasteiger partial charge in [0.25, 0.3) is 15.7 Å². The van der Waals surface area contributed by atoms with Gasteiger partial charge in [-0.15, -0.1) is 11.3 Å². The summed E-state index contributed by atoms with van der Waals surface area (Å²) in [5, 5.41) is 11.6. The Morgan fingerprint density at radius 1 is 1.25 bits per heavy atom. The topological polar surface area (TPSA) is 102 Å². The van der Waals surface area contributed by atoms with Crippen molar-refractivity contribution in [2.75, 3.05) is 4.72 Å². The number of aromatic nitrogens is 1. The number of halogens is 1. The molecule has 124 valence electrons. The molecule has 7 nitrogen and oxygen atoms in total. The Hall–Kier alpha value is -2.23. The molecule has 3 aromatic rings. The van der Waals surface area contributed by atoms with E-state index in [1.807, 2.05) is 6.92 Å². The Bertz CT molecular complexity index is 1060. The molecule has 24 heavy (non-hydrogen) atoms. The van der Waals surface area contributed by atoms with Crippen LogP contribution in [-0.2, 0) is 10.0 Å². The highest BCUT2D eigenvalue weighted by Crippen LogP contribution is 2.30. The van der Waals surface area contributed by atoms with Crippen LogP contribution in [0.15, 0.2) is 41.3 Å². The van der Waals surface area contributed by atoms with E-state index < -0.39 is 14.9 Å². The van der Waals surface area contributed by atoms with Gasteiger partial charge in [0.2, 0.25) is 0 Å². The zero-order valence-electron chi connectivity index (χ0n) is 12.2. The lowest BCUT2D eigenvalue weighted by Gasteiger charge is -2.09. The minimum Gasteiger partial charge on any atom is -0.280 e. The molecule has 0 amide bonds. The number of nitrogens with one attached hydrogen (secondary N) is 1. The molecule has 1 heterocycles. The molecule has 0 saturated carbocycles. The molecule has 0 aliphatic rings. The first-order valence-electron chi connectivity index (χ1n) is 6.60. The molecule has 0 atom stereocenters. The monoisotopic (exact) mass is 383 g/mol. The first kappa shape index (κ1) is 16.6. The average molecular weight is 384 g/mol. The number of nitro groups is 1. The molecule has 1 N–H and O–H groups in total. The predicted octanol–water partition coefficient (Wildman–Crippen LogP) is 3.97. The number of anilines is 1. The van der Waals surface area contributed by atoms with E-state index in [9.17, 15) is 18.5 Å². The first-order valence-corrected chi connectivity index (χ1v) is 9.28. The summed E-state index contributed by atoms with van der Waals surface area (Å²) in [6.45, 7) is 1.86. The molecule has 0 unspecified atom stereocenters. The van der Waals surface area contributed by atoms with Crippen LogP contribution >= 0.6 is 22.9 Å². The molecule has 10 heteroatoms. The Morgan fingerprint density at radius 3 is 2.71 bits per heavy atom. The normalized spacial score (nSPS) is 11.6. The Morgan fingerprint density at radius 2 is 2.00 bits per heavy atom. The van der Waals surface area contributed by atoms with Crippen molar-refractivity contribution in [1.29, 1.82) is 0 Å². The van der Waals surface area contributed by atoms with Gasteiger partial charge in [-0.1, -0.05) is 11.6 Å². The summed E-state index contributed by atoms with van der Waals surface area (Å²) < 4.78 is 28.2. The second-order valence-corrected chi connectivity index (χ2v) is 8.19. The second-order valence-electron chi connectivity index (χ2n) is 4.89. The Labute approximate surface area is 146 Å². The van der Waals surface area contributed by atoms with Gasteiger partial charge in [-0.25, -0.2) is 13.4 Å². The molecule has 0 bridgehead atoms. The van der Waals surface area contributed by atoms with Crippen LogP contribution in [0.3, 0.4) is 0 Å². The van der Waals surface area contributed by atoms with Crippen molar-refractivity contribution in [3.8, 4) is 0 Å². The molecular weight excluding hydrogens is 374 g/mol. The molecule has 0 spiro atoms. The number of nitro benzene ring substituents is 1. The van der Waals surface area contributed by atoms with Crippen molar-refractivity contribution >= 4 is 54.6 Å².